The normalized spacial score (nSPS) is 17.3. The minimum absolute atomic E-state index is 0.219. The van der Waals surface area contributed by atoms with Crippen molar-refractivity contribution in [3.8, 4) is 17.2 Å². The molecule has 0 aromatic heterocycles. The van der Waals surface area contributed by atoms with Gasteiger partial charge in [0.25, 0.3) is 0 Å². The summed E-state index contributed by atoms with van der Waals surface area (Å²) < 4.78 is 43.9. The number of sulfonamides is 1. The Kier molecular flexibility index (Phi) is 6.94. The lowest BCUT2D eigenvalue weighted by molar-refractivity contribution is 0.168. The average molecular weight is 476 g/mol. The van der Waals surface area contributed by atoms with E-state index in [0.717, 1.165) is 5.56 Å². The molecule has 2 aromatic rings. The van der Waals surface area contributed by atoms with E-state index in [1.807, 2.05) is 32.0 Å². The third kappa shape index (κ3) is 5.17. The molecule has 0 radical (unpaired) electrons. The molecule has 0 bridgehead atoms. The van der Waals surface area contributed by atoms with Gasteiger partial charge in [0.2, 0.25) is 10.0 Å². The summed E-state index contributed by atoms with van der Waals surface area (Å²) >= 11 is 0. The highest BCUT2D eigenvalue weighted by Gasteiger charge is 2.30. The smallest absolute Gasteiger partial charge is 0.317 e. The third-order valence-electron chi connectivity index (χ3n) is 5.70. The fraction of sp³-hybridized carbons (Fsp3) is 0.435. The van der Waals surface area contributed by atoms with Gasteiger partial charge in [-0.1, -0.05) is 6.07 Å². The van der Waals surface area contributed by atoms with E-state index >= 15 is 0 Å². The van der Waals surface area contributed by atoms with Crippen LogP contribution in [0.25, 0.3) is 0 Å². The van der Waals surface area contributed by atoms with Crippen LogP contribution in [0, 0.1) is 0 Å². The number of hydrogen-bond acceptors (Lipinski definition) is 6. The Morgan fingerprint density at radius 2 is 1.70 bits per heavy atom. The Hall–Kier alpha value is -2.98. The van der Waals surface area contributed by atoms with Crippen molar-refractivity contribution in [2.75, 3.05) is 46.0 Å². The van der Waals surface area contributed by atoms with Crippen LogP contribution in [0.15, 0.2) is 47.4 Å². The minimum Gasteiger partial charge on any atom is -0.494 e. The number of ether oxygens (including phenoxy) is 3. The second kappa shape index (κ2) is 9.88. The van der Waals surface area contributed by atoms with Gasteiger partial charge in [-0.2, -0.15) is 4.31 Å². The van der Waals surface area contributed by atoms with E-state index < -0.39 is 10.0 Å². The number of nitrogens with zero attached hydrogens (tertiary/aromatic N) is 2. The van der Waals surface area contributed by atoms with E-state index in [1.165, 1.54) is 4.31 Å². The van der Waals surface area contributed by atoms with Gasteiger partial charge in [0, 0.05) is 26.2 Å². The van der Waals surface area contributed by atoms with Gasteiger partial charge < -0.3 is 24.4 Å². The summed E-state index contributed by atoms with van der Waals surface area (Å²) in [4.78, 5) is 14.6. The Morgan fingerprint density at radius 1 is 1.03 bits per heavy atom. The molecule has 178 valence electrons. The first-order valence-electron chi connectivity index (χ1n) is 11.1. The van der Waals surface area contributed by atoms with E-state index in [4.69, 9.17) is 14.2 Å². The third-order valence-corrected chi connectivity index (χ3v) is 7.62. The summed E-state index contributed by atoms with van der Waals surface area (Å²) in [5, 5.41) is 2.98. The summed E-state index contributed by atoms with van der Waals surface area (Å²) in [7, 11) is -3.62. The number of urea groups is 1. The first-order valence-corrected chi connectivity index (χ1v) is 12.5. The summed E-state index contributed by atoms with van der Waals surface area (Å²) in [5.74, 6) is 2.01. The van der Waals surface area contributed by atoms with Crippen molar-refractivity contribution in [3.05, 3.63) is 48.0 Å². The van der Waals surface area contributed by atoms with Crippen molar-refractivity contribution >= 4 is 16.1 Å². The zero-order valence-electron chi connectivity index (χ0n) is 18.8. The maximum Gasteiger partial charge on any atom is 0.317 e. The summed E-state index contributed by atoms with van der Waals surface area (Å²) in [5.41, 5.74) is 0.907. The van der Waals surface area contributed by atoms with E-state index in [9.17, 15) is 13.2 Å². The molecule has 2 aliphatic heterocycles. The van der Waals surface area contributed by atoms with Gasteiger partial charge in [0.15, 0.2) is 11.5 Å². The molecule has 1 saturated heterocycles. The molecule has 0 saturated carbocycles. The van der Waals surface area contributed by atoms with Crippen molar-refractivity contribution in [2.24, 2.45) is 0 Å². The monoisotopic (exact) mass is 475 g/mol. The molecule has 2 aromatic carbocycles. The molecule has 2 amide bonds. The van der Waals surface area contributed by atoms with Gasteiger partial charge in [-0.15, -0.1) is 0 Å². The van der Waals surface area contributed by atoms with Gasteiger partial charge in [0.1, 0.15) is 19.0 Å². The zero-order valence-corrected chi connectivity index (χ0v) is 19.6. The first kappa shape index (κ1) is 23.2. The van der Waals surface area contributed by atoms with Gasteiger partial charge in [-0.05, 0) is 55.8 Å². The van der Waals surface area contributed by atoms with E-state index in [1.54, 1.807) is 29.2 Å². The quantitative estimate of drug-likeness (QED) is 0.690. The van der Waals surface area contributed by atoms with Crippen molar-refractivity contribution in [3.63, 3.8) is 0 Å². The molecule has 9 nitrogen and oxygen atoms in total. The Morgan fingerprint density at radius 3 is 2.36 bits per heavy atom. The highest BCUT2D eigenvalue weighted by atomic mass is 32.2. The van der Waals surface area contributed by atoms with E-state index in [2.05, 4.69) is 5.32 Å². The van der Waals surface area contributed by atoms with Crippen LogP contribution >= 0.6 is 0 Å². The van der Waals surface area contributed by atoms with Crippen LogP contribution in [0.5, 0.6) is 17.2 Å². The number of piperazine rings is 1. The standard InChI is InChI=1S/C23H29N3O6S/c1-3-30-19-5-7-20(8-6-19)33(28,29)26-12-10-25(11-13-26)23(27)24-17(2)18-4-9-21-22(16-18)32-15-14-31-21/h4-9,16-17H,3,10-15H2,1-2H3,(H,24,27)/t17-/m1/s1. The van der Waals surface area contributed by atoms with Crippen LogP contribution in [0.3, 0.4) is 0 Å². The summed E-state index contributed by atoms with van der Waals surface area (Å²) in [6.07, 6.45) is 0. The molecule has 0 unspecified atom stereocenters. The highest BCUT2D eigenvalue weighted by molar-refractivity contribution is 7.89. The largest absolute Gasteiger partial charge is 0.494 e. The molecule has 33 heavy (non-hydrogen) atoms. The molecule has 1 fully saturated rings. The maximum absolute atomic E-state index is 13.0. The lowest BCUT2D eigenvalue weighted by atomic mass is 10.1. The minimum atomic E-state index is -3.62. The highest BCUT2D eigenvalue weighted by Crippen LogP contribution is 2.32. The van der Waals surface area contributed by atoms with Gasteiger partial charge in [-0.3, -0.25) is 0 Å². The first-order chi connectivity index (χ1) is 15.9. The molecule has 2 aliphatic rings. The topological polar surface area (TPSA) is 97.4 Å². The Bertz CT molecular complexity index is 1080. The van der Waals surface area contributed by atoms with E-state index in [-0.39, 0.29) is 30.1 Å². The summed E-state index contributed by atoms with van der Waals surface area (Å²) in [6.45, 7) is 6.42. The number of carbonyl (C=O) groups excluding carboxylic acids is 1. The number of fused-ring (bicyclic) bond motifs is 1. The Balaban J connectivity index is 1.33. The molecular formula is C23H29N3O6S. The number of rotatable bonds is 6. The number of carbonyl (C=O) groups is 1. The Labute approximate surface area is 194 Å². The molecule has 0 aliphatic carbocycles. The maximum atomic E-state index is 13.0. The number of benzene rings is 2. The molecule has 10 heteroatoms. The van der Waals surface area contributed by atoms with Crippen LogP contribution in [0.2, 0.25) is 0 Å². The molecule has 4 rings (SSSR count). The molecule has 0 spiro atoms. The molecule has 1 atom stereocenters. The van der Waals surface area contributed by atoms with Crippen LogP contribution in [0.4, 0.5) is 4.79 Å². The van der Waals surface area contributed by atoms with Crippen LogP contribution in [-0.2, 0) is 10.0 Å². The van der Waals surface area contributed by atoms with Crippen LogP contribution in [-0.4, -0.2) is 69.7 Å². The predicted octanol–water partition coefficient (Wildman–Crippen LogP) is 2.63. The predicted molar refractivity (Wildman–Crippen MR) is 122 cm³/mol. The lowest BCUT2D eigenvalue weighted by Gasteiger charge is -2.34. The number of amides is 2. The molecular weight excluding hydrogens is 446 g/mol. The zero-order chi connectivity index (χ0) is 23.4. The SMILES string of the molecule is CCOc1ccc(S(=O)(=O)N2CCN(C(=O)N[C@H](C)c3ccc4c(c3)OCCO4)CC2)cc1. The van der Waals surface area contributed by atoms with Gasteiger partial charge >= 0.3 is 6.03 Å². The fourth-order valence-electron chi connectivity index (χ4n) is 3.84. The van der Waals surface area contributed by atoms with Crippen molar-refractivity contribution < 1.29 is 27.4 Å². The van der Waals surface area contributed by atoms with Crippen molar-refractivity contribution in [1.29, 1.82) is 0 Å². The number of hydrogen-bond donors (Lipinski definition) is 1. The average Bonchev–Trinajstić information content (AvgIpc) is 2.84. The summed E-state index contributed by atoms with van der Waals surface area (Å²) in [6, 6.07) is 11.6. The van der Waals surface area contributed by atoms with E-state index in [0.29, 0.717) is 50.2 Å². The lowest BCUT2D eigenvalue weighted by Crippen LogP contribution is -2.53. The fourth-order valence-corrected chi connectivity index (χ4v) is 5.27. The van der Waals surface area contributed by atoms with Crippen LogP contribution < -0.4 is 19.5 Å². The van der Waals surface area contributed by atoms with Gasteiger partial charge in [0.05, 0.1) is 17.5 Å². The van der Waals surface area contributed by atoms with Gasteiger partial charge in [-0.25, -0.2) is 13.2 Å². The second-order valence-electron chi connectivity index (χ2n) is 7.87. The second-order valence-corrected chi connectivity index (χ2v) is 9.81. The molecule has 1 N–H and O–H groups in total. The number of nitrogens with one attached hydrogen (secondary N) is 1. The molecule has 2 heterocycles. The van der Waals surface area contributed by atoms with Crippen LogP contribution in [0.1, 0.15) is 25.5 Å². The van der Waals surface area contributed by atoms with Crippen molar-refractivity contribution in [2.45, 2.75) is 24.8 Å². The van der Waals surface area contributed by atoms with Crippen molar-refractivity contribution in [1.82, 2.24) is 14.5 Å².